The van der Waals surface area contributed by atoms with Crippen molar-refractivity contribution in [3.63, 3.8) is 0 Å². The molecule has 164 valence electrons. The summed E-state index contributed by atoms with van der Waals surface area (Å²) in [5.74, 6) is -1.75. The van der Waals surface area contributed by atoms with Crippen LogP contribution < -0.4 is 5.32 Å². The summed E-state index contributed by atoms with van der Waals surface area (Å²) in [6.45, 7) is 3.67. The Morgan fingerprint density at radius 2 is 1.84 bits per heavy atom. The lowest BCUT2D eigenvalue weighted by Gasteiger charge is -2.26. The molecule has 1 fully saturated rings. The third-order valence-corrected chi connectivity index (χ3v) is 5.07. The number of carbonyl (C=O) groups is 3. The van der Waals surface area contributed by atoms with Crippen LogP contribution in [0.1, 0.15) is 19.4 Å². The third kappa shape index (κ3) is 5.08. The lowest BCUT2D eigenvalue weighted by Crippen LogP contribution is -2.49. The molecular weight excluding hydrogens is 403 g/mol. The molecule has 2 atom stereocenters. The molecule has 0 saturated carbocycles. The maximum atomic E-state index is 13.4. The predicted octanol–water partition coefficient (Wildman–Crippen LogP) is 3.13. The number of hydrogen-bond acceptors (Lipinski definition) is 5. The van der Waals surface area contributed by atoms with Crippen LogP contribution in [0.4, 0.5) is 9.18 Å². The average Bonchev–Trinajstić information content (AvgIpc) is 3.02. The van der Waals surface area contributed by atoms with Crippen molar-refractivity contribution in [1.29, 1.82) is 0 Å². The Kier molecular flexibility index (Phi) is 7.02. The van der Waals surface area contributed by atoms with Crippen molar-refractivity contribution in [3.05, 3.63) is 59.9 Å². The summed E-state index contributed by atoms with van der Waals surface area (Å²) in [6.07, 6.45) is 0. The molecule has 0 aromatic heterocycles. The van der Waals surface area contributed by atoms with Gasteiger partial charge in [0, 0.05) is 0 Å². The first-order valence-electron chi connectivity index (χ1n) is 9.96. The SMILES string of the molecule is COC(=O)C(C(C)C)N1C(=O)NC(COCc2ccc(-c3cccc(F)c3)cc2)C1=O. The number of nitrogens with zero attached hydrogens (tertiary/aromatic N) is 1. The number of ether oxygens (including phenoxy) is 2. The number of nitrogens with one attached hydrogen (secondary N) is 1. The summed E-state index contributed by atoms with van der Waals surface area (Å²) in [5.41, 5.74) is 2.51. The van der Waals surface area contributed by atoms with Crippen molar-refractivity contribution in [2.75, 3.05) is 13.7 Å². The number of methoxy groups -OCH3 is 1. The second kappa shape index (κ2) is 9.70. The summed E-state index contributed by atoms with van der Waals surface area (Å²) >= 11 is 0. The van der Waals surface area contributed by atoms with Gasteiger partial charge in [-0.3, -0.25) is 4.79 Å². The Morgan fingerprint density at radius 1 is 1.13 bits per heavy atom. The molecule has 3 rings (SSSR count). The van der Waals surface area contributed by atoms with E-state index in [1.807, 2.05) is 30.3 Å². The fraction of sp³-hybridized carbons (Fsp3) is 0.348. The Balaban J connectivity index is 1.58. The highest BCUT2D eigenvalue weighted by Gasteiger charge is 2.46. The Bertz CT molecular complexity index is 961. The maximum absolute atomic E-state index is 13.4. The molecule has 7 nitrogen and oxygen atoms in total. The first-order chi connectivity index (χ1) is 14.8. The molecule has 0 bridgehead atoms. The van der Waals surface area contributed by atoms with Gasteiger partial charge in [0.25, 0.3) is 5.91 Å². The van der Waals surface area contributed by atoms with Gasteiger partial charge in [0.05, 0.1) is 20.3 Å². The quantitative estimate of drug-likeness (QED) is 0.516. The van der Waals surface area contributed by atoms with Gasteiger partial charge in [0.1, 0.15) is 17.9 Å². The molecule has 1 saturated heterocycles. The van der Waals surface area contributed by atoms with E-state index >= 15 is 0 Å². The van der Waals surface area contributed by atoms with E-state index in [1.165, 1.54) is 19.2 Å². The molecule has 0 radical (unpaired) electrons. The second-order valence-corrected chi connectivity index (χ2v) is 7.64. The van der Waals surface area contributed by atoms with Gasteiger partial charge in [-0.15, -0.1) is 0 Å². The zero-order valence-corrected chi connectivity index (χ0v) is 17.6. The highest BCUT2D eigenvalue weighted by molar-refractivity contribution is 6.07. The van der Waals surface area contributed by atoms with Gasteiger partial charge in [-0.1, -0.05) is 50.2 Å². The Hall–Kier alpha value is -3.26. The molecule has 0 spiro atoms. The largest absolute Gasteiger partial charge is 0.467 e. The minimum absolute atomic E-state index is 0.0291. The number of amides is 3. The molecule has 1 aliphatic rings. The molecule has 1 heterocycles. The zero-order chi connectivity index (χ0) is 22.5. The topological polar surface area (TPSA) is 84.9 Å². The van der Waals surface area contributed by atoms with Crippen LogP contribution >= 0.6 is 0 Å². The summed E-state index contributed by atoms with van der Waals surface area (Å²) in [4.78, 5) is 37.9. The van der Waals surface area contributed by atoms with Gasteiger partial charge in [-0.05, 0) is 34.7 Å². The van der Waals surface area contributed by atoms with Crippen molar-refractivity contribution in [3.8, 4) is 11.1 Å². The molecule has 2 aromatic rings. The number of rotatable bonds is 8. The van der Waals surface area contributed by atoms with Crippen molar-refractivity contribution >= 4 is 17.9 Å². The van der Waals surface area contributed by atoms with Gasteiger partial charge < -0.3 is 14.8 Å². The van der Waals surface area contributed by atoms with E-state index in [1.54, 1.807) is 19.9 Å². The predicted molar refractivity (Wildman–Crippen MR) is 111 cm³/mol. The molecule has 8 heteroatoms. The Labute approximate surface area is 180 Å². The van der Waals surface area contributed by atoms with Crippen LogP contribution in [0, 0.1) is 11.7 Å². The molecule has 1 aliphatic heterocycles. The van der Waals surface area contributed by atoms with E-state index in [4.69, 9.17) is 9.47 Å². The number of urea groups is 1. The van der Waals surface area contributed by atoms with Crippen LogP contribution in [-0.4, -0.2) is 48.6 Å². The van der Waals surface area contributed by atoms with E-state index in [-0.39, 0.29) is 24.9 Å². The average molecular weight is 428 g/mol. The van der Waals surface area contributed by atoms with Crippen molar-refractivity contribution in [1.82, 2.24) is 10.2 Å². The maximum Gasteiger partial charge on any atom is 0.329 e. The standard InChI is InChI=1S/C23H25FN2O5/c1-14(2)20(22(28)30-3)26-21(27)19(25-23(26)29)13-31-12-15-7-9-16(10-8-15)17-5-4-6-18(24)11-17/h4-11,14,19-20H,12-13H2,1-3H3,(H,25,29). The van der Waals surface area contributed by atoms with Crippen LogP contribution in [0.15, 0.2) is 48.5 Å². The minimum Gasteiger partial charge on any atom is -0.467 e. The van der Waals surface area contributed by atoms with Crippen LogP contribution in [-0.2, 0) is 25.7 Å². The highest BCUT2D eigenvalue weighted by atomic mass is 19.1. The smallest absolute Gasteiger partial charge is 0.329 e. The van der Waals surface area contributed by atoms with E-state index in [0.717, 1.165) is 21.6 Å². The van der Waals surface area contributed by atoms with Gasteiger partial charge in [0.15, 0.2) is 0 Å². The molecule has 2 aromatic carbocycles. The fourth-order valence-electron chi connectivity index (χ4n) is 3.48. The fourth-order valence-corrected chi connectivity index (χ4v) is 3.48. The van der Waals surface area contributed by atoms with Crippen molar-refractivity contribution in [2.45, 2.75) is 32.5 Å². The highest BCUT2D eigenvalue weighted by Crippen LogP contribution is 2.22. The minimum atomic E-state index is -0.988. The van der Waals surface area contributed by atoms with E-state index < -0.39 is 30.0 Å². The van der Waals surface area contributed by atoms with Crippen LogP contribution in [0.5, 0.6) is 0 Å². The van der Waals surface area contributed by atoms with E-state index in [2.05, 4.69) is 5.32 Å². The first kappa shape index (κ1) is 22.4. The first-order valence-corrected chi connectivity index (χ1v) is 9.96. The lowest BCUT2D eigenvalue weighted by atomic mass is 10.0. The molecule has 1 N–H and O–H groups in total. The van der Waals surface area contributed by atoms with E-state index in [0.29, 0.717) is 0 Å². The zero-order valence-electron chi connectivity index (χ0n) is 17.6. The molecule has 0 aliphatic carbocycles. The van der Waals surface area contributed by atoms with Crippen molar-refractivity contribution < 1.29 is 28.2 Å². The van der Waals surface area contributed by atoms with Gasteiger partial charge >= 0.3 is 12.0 Å². The number of imide groups is 1. The van der Waals surface area contributed by atoms with Gasteiger partial charge in [-0.2, -0.15) is 0 Å². The van der Waals surface area contributed by atoms with Gasteiger partial charge in [0.2, 0.25) is 0 Å². The summed E-state index contributed by atoms with van der Waals surface area (Å²) < 4.78 is 23.7. The number of benzene rings is 2. The lowest BCUT2D eigenvalue weighted by molar-refractivity contribution is -0.151. The summed E-state index contributed by atoms with van der Waals surface area (Å²) in [5, 5.41) is 2.56. The molecule has 3 amide bonds. The van der Waals surface area contributed by atoms with Gasteiger partial charge in [-0.25, -0.2) is 18.9 Å². The number of esters is 1. The van der Waals surface area contributed by atoms with E-state index in [9.17, 15) is 18.8 Å². The molecular formula is C23H25FN2O5. The molecule has 31 heavy (non-hydrogen) atoms. The third-order valence-electron chi connectivity index (χ3n) is 5.07. The molecule has 2 unspecified atom stereocenters. The Morgan fingerprint density at radius 3 is 2.45 bits per heavy atom. The van der Waals surface area contributed by atoms with Crippen LogP contribution in [0.2, 0.25) is 0 Å². The number of carbonyl (C=O) groups excluding carboxylic acids is 3. The summed E-state index contributed by atoms with van der Waals surface area (Å²) in [6, 6.07) is 11.3. The van der Waals surface area contributed by atoms with Crippen LogP contribution in [0.3, 0.4) is 0 Å². The summed E-state index contributed by atoms with van der Waals surface area (Å²) in [7, 11) is 1.22. The van der Waals surface area contributed by atoms with Crippen LogP contribution in [0.25, 0.3) is 11.1 Å². The second-order valence-electron chi connectivity index (χ2n) is 7.64. The normalized spacial score (nSPS) is 17.1. The monoisotopic (exact) mass is 428 g/mol. The van der Waals surface area contributed by atoms with Crippen molar-refractivity contribution in [2.24, 2.45) is 5.92 Å². The number of halogens is 1. The number of hydrogen-bond donors (Lipinski definition) is 1.